The maximum Gasteiger partial charge on any atom is 0.307 e. The molecule has 0 fully saturated rings. The minimum Gasteiger partial charge on any atom is -0.481 e. The van der Waals surface area contributed by atoms with Gasteiger partial charge in [-0.2, -0.15) is 0 Å². The van der Waals surface area contributed by atoms with Crippen LogP contribution in [0, 0.1) is 20.8 Å². The number of carboxylic acids is 1. The Bertz CT molecular complexity index is 1100. The molecule has 0 spiro atoms. The predicted octanol–water partition coefficient (Wildman–Crippen LogP) is 6.19. The molecule has 4 nitrogen and oxygen atoms in total. The van der Waals surface area contributed by atoms with Crippen LogP contribution >= 0.6 is 23.3 Å². The third-order valence-electron chi connectivity index (χ3n) is 5.75. The summed E-state index contributed by atoms with van der Waals surface area (Å²) in [5.74, 6) is -0.807. The average Bonchev–Trinajstić information content (AvgIpc) is 3.17. The van der Waals surface area contributed by atoms with E-state index in [1.165, 1.54) is 16.0 Å². The van der Waals surface area contributed by atoms with Crippen molar-refractivity contribution in [2.75, 3.05) is 10.6 Å². The van der Waals surface area contributed by atoms with Gasteiger partial charge < -0.3 is 9.41 Å². The third kappa shape index (κ3) is 3.15. The number of carboxylic acid groups (broad SMARTS) is 1. The number of benzene rings is 2. The number of thiazole rings is 1. The molecule has 0 bridgehead atoms. The topological polar surface area (TPSA) is 53.4 Å². The van der Waals surface area contributed by atoms with Crippen molar-refractivity contribution in [3.63, 3.8) is 0 Å². The molecule has 6 heteroatoms. The van der Waals surface area contributed by atoms with E-state index in [1.807, 2.05) is 5.51 Å². The first kappa shape index (κ1) is 20.0. The highest BCUT2D eigenvalue weighted by atomic mass is 32.2. The van der Waals surface area contributed by atoms with Crippen LogP contribution in [0.15, 0.2) is 29.8 Å². The molecule has 3 aromatic rings. The van der Waals surface area contributed by atoms with Crippen LogP contribution in [0.2, 0.25) is 0 Å². The van der Waals surface area contributed by atoms with Crippen molar-refractivity contribution < 1.29 is 9.90 Å². The van der Waals surface area contributed by atoms with E-state index in [1.54, 1.807) is 23.3 Å². The number of anilines is 1. The van der Waals surface area contributed by atoms with Gasteiger partial charge in [-0.05, 0) is 55.5 Å². The molecule has 4 rings (SSSR count). The Kier molecular flexibility index (Phi) is 5.17. The van der Waals surface area contributed by atoms with Crippen LogP contribution in [-0.2, 0) is 11.2 Å². The summed E-state index contributed by atoms with van der Waals surface area (Å²) in [6.45, 7) is 8.42. The summed E-state index contributed by atoms with van der Waals surface area (Å²) in [6, 6.07) is 8.51. The predicted molar refractivity (Wildman–Crippen MR) is 123 cm³/mol. The fourth-order valence-electron chi connectivity index (χ4n) is 4.38. The maximum atomic E-state index is 11.8. The number of nitrogens with zero attached hydrogens (tertiary/aromatic N) is 2. The SMILES string of the molecule is CSN1c2c(C)c(CC(=O)O)c(-c3ccc(C)cc3)c(C)c2-c2scnc2[C@@H]1C. The summed E-state index contributed by atoms with van der Waals surface area (Å²) in [6.07, 6.45) is 2.08. The number of carbonyl (C=O) groups is 1. The lowest BCUT2D eigenvalue weighted by atomic mass is 9.83. The first-order valence-electron chi connectivity index (χ1n) is 9.57. The van der Waals surface area contributed by atoms with E-state index in [2.05, 4.69) is 67.5 Å². The maximum absolute atomic E-state index is 11.8. The normalized spacial score (nSPS) is 15.2. The van der Waals surface area contributed by atoms with Crippen molar-refractivity contribution in [1.82, 2.24) is 4.98 Å². The number of hydrogen-bond acceptors (Lipinski definition) is 5. The lowest BCUT2D eigenvalue weighted by Crippen LogP contribution is -2.26. The molecule has 1 N–H and O–H groups in total. The fraction of sp³-hybridized carbons (Fsp3) is 0.304. The number of aromatic nitrogens is 1. The largest absolute Gasteiger partial charge is 0.481 e. The van der Waals surface area contributed by atoms with Crippen molar-refractivity contribution in [2.24, 2.45) is 0 Å². The first-order valence-corrected chi connectivity index (χ1v) is 11.6. The van der Waals surface area contributed by atoms with Gasteiger partial charge in [0.1, 0.15) is 0 Å². The summed E-state index contributed by atoms with van der Waals surface area (Å²) in [4.78, 5) is 17.6. The number of aliphatic carboxylic acids is 1. The second-order valence-electron chi connectivity index (χ2n) is 7.51. The standard InChI is InChI=1S/C23H24N2O2S2/c1-12-6-8-16(9-7-12)19-14(3)20-22(13(2)17(19)10-18(26)27)25(28-5)15(4)21-23(20)29-11-24-21/h6-9,11,15H,10H2,1-5H3,(H,26,27)/t15-/m0/s1. The zero-order valence-electron chi connectivity index (χ0n) is 17.2. The Morgan fingerprint density at radius 1 is 1.17 bits per heavy atom. The molecule has 0 saturated heterocycles. The van der Waals surface area contributed by atoms with Gasteiger partial charge in [-0.25, -0.2) is 4.98 Å². The summed E-state index contributed by atoms with van der Waals surface area (Å²) in [7, 11) is 0. The van der Waals surface area contributed by atoms with Gasteiger partial charge in [0.25, 0.3) is 0 Å². The Morgan fingerprint density at radius 3 is 2.48 bits per heavy atom. The van der Waals surface area contributed by atoms with Crippen LogP contribution in [-0.4, -0.2) is 22.3 Å². The molecule has 0 radical (unpaired) electrons. The van der Waals surface area contributed by atoms with E-state index in [4.69, 9.17) is 0 Å². The van der Waals surface area contributed by atoms with Crippen LogP contribution in [0.3, 0.4) is 0 Å². The number of hydrogen-bond donors (Lipinski definition) is 1. The lowest BCUT2D eigenvalue weighted by molar-refractivity contribution is -0.136. The zero-order chi connectivity index (χ0) is 20.9. The minimum atomic E-state index is -0.807. The Labute approximate surface area is 179 Å². The Morgan fingerprint density at radius 2 is 1.86 bits per heavy atom. The van der Waals surface area contributed by atoms with Crippen molar-refractivity contribution >= 4 is 34.9 Å². The highest BCUT2D eigenvalue weighted by Gasteiger charge is 2.35. The molecule has 1 atom stereocenters. The first-order chi connectivity index (χ1) is 13.8. The molecule has 2 heterocycles. The molecule has 0 aliphatic carbocycles. The molecule has 1 aliphatic heterocycles. The van der Waals surface area contributed by atoms with Crippen molar-refractivity contribution in [3.05, 3.63) is 57.7 Å². The minimum absolute atomic E-state index is 0.00924. The average molecular weight is 425 g/mol. The summed E-state index contributed by atoms with van der Waals surface area (Å²) >= 11 is 3.34. The van der Waals surface area contributed by atoms with E-state index < -0.39 is 5.97 Å². The molecular weight excluding hydrogens is 400 g/mol. The highest BCUT2D eigenvalue weighted by molar-refractivity contribution is 8.00. The number of aryl methyl sites for hydroxylation is 1. The van der Waals surface area contributed by atoms with Gasteiger partial charge in [0.2, 0.25) is 0 Å². The van der Waals surface area contributed by atoms with E-state index in [9.17, 15) is 9.90 Å². The van der Waals surface area contributed by atoms with Crippen LogP contribution in [0.1, 0.15) is 40.9 Å². The molecular formula is C23H24N2O2S2. The van der Waals surface area contributed by atoms with Gasteiger partial charge in [0, 0.05) is 11.8 Å². The van der Waals surface area contributed by atoms with Gasteiger partial charge in [0.05, 0.1) is 34.2 Å². The fourth-order valence-corrected chi connectivity index (χ4v) is 6.19. The smallest absolute Gasteiger partial charge is 0.307 e. The molecule has 0 amide bonds. The van der Waals surface area contributed by atoms with E-state index in [0.717, 1.165) is 39.2 Å². The van der Waals surface area contributed by atoms with Gasteiger partial charge >= 0.3 is 5.97 Å². The van der Waals surface area contributed by atoms with Crippen LogP contribution < -0.4 is 4.31 Å². The van der Waals surface area contributed by atoms with Crippen LogP contribution in [0.4, 0.5) is 5.69 Å². The molecule has 0 unspecified atom stereocenters. The van der Waals surface area contributed by atoms with Gasteiger partial charge in [-0.15, -0.1) is 11.3 Å². The molecule has 2 aromatic carbocycles. The van der Waals surface area contributed by atoms with Crippen LogP contribution in [0.25, 0.3) is 21.6 Å². The van der Waals surface area contributed by atoms with Crippen LogP contribution in [0.5, 0.6) is 0 Å². The van der Waals surface area contributed by atoms with E-state index in [-0.39, 0.29) is 12.5 Å². The van der Waals surface area contributed by atoms with Crippen molar-refractivity contribution in [2.45, 2.75) is 40.2 Å². The lowest BCUT2D eigenvalue weighted by Gasteiger charge is -2.37. The van der Waals surface area contributed by atoms with Gasteiger partial charge in [0.15, 0.2) is 0 Å². The molecule has 1 aromatic heterocycles. The summed E-state index contributed by atoms with van der Waals surface area (Å²) in [5, 5.41) is 9.67. The second-order valence-corrected chi connectivity index (χ2v) is 9.13. The zero-order valence-corrected chi connectivity index (χ0v) is 18.9. The van der Waals surface area contributed by atoms with E-state index in [0.29, 0.717) is 0 Å². The molecule has 29 heavy (non-hydrogen) atoms. The van der Waals surface area contributed by atoms with Gasteiger partial charge in [-0.3, -0.25) is 4.79 Å². The van der Waals surface area contributed by atoms with Crippen molar-refractivity contribution in [3.8, 4) is 21.6 Å². The third-order valence-corrected chi connectivity index (χ3v) is 7.50. The number of fused-ring (bicyclic) bond motifs is 3. The summed E-state index contributed by atoms with van der Waals surface area (Å²) in [5.41, 5.74) is 11.7. The molecule has 1 aliphatic rings. The highest BCUT2D eigenvalue weighted by Crippen LogP contribution is 2.54. The molecule has 0 saturated carbocycles. The molecule has 150 valence electrons. The second kappa shape index (κ2) is 7.50. The quantitative estimate of drug-likeness (QED) is 0.506. The number of rotatable bonds is 4. The monoisotopic (exact) mass is 424 g/mol. The Balaban J connectivity index is 2.11. The van der Waals surface area contributed by atoms with Crippen molar-refractivity contribution in [1.29, 1.82) is 0 Å². The van der Waals surface area contributed by atoms with E-state index >= 15 is 0 Å². The van der Waals surface area contributed by atoms with Gasteiger partial charge in [-0.1, -0.05) is 41.8 Å². The summed E-state index contributed by atoms with van der Waals surface area (Å²) < 4.78 is 2.28. The Hall–Kier alpha value is -2.31.